The molecule has 2 aliphatic heterocycles. The summed E-state index contributed by atoms with van der Waals surface area (Å²) in [6, 6.07) is 17.0. The summed E-state index contributed by atoms with van der Waals surface area (Å²) in [5, 5.41) is 25.1. The van der Waals surface area contributed by atoms with Crippen molar-refractivity contribution >= 4 is 37.5 Å². The van der Waals surface area contributed by atoms with Gasteiger partial charge in [0, 0.05) is 11.1 Å². The van der Waals surface area contributed by atoms with Gasteiger partial charge in [-0.1, -0.05) is 35.5 Å². The fraction of sp³-hybridized carbons (Fsp3) is 0.258. The zero-order chi connectivity index (χ0) is 31.5. The van der Waals surface area contributed by atoms with Crippen molar-refractivity contribution in [1.82, 2.24) is 34.7 Å². The molecule has 1 N–H and O–H groups in total. The van der Waals surface area contributed by atoms with Crippen LogP contribution in [0.5, 0.6) is 0 Å². The lowest BCUT2D eigenvalue weighted by atomic mass is 9.91. The zero-order valence-electron chi connectivity index (χ0n) is 23.9. The Kier molecular flexibility index (Phi) is 7.46. The third-order valence-corrected chi connectivity index (χ3v) is 9.53. The first-order chi connectivity index (χ1) is 22.4. The maximum Gasteiger partial charge on any atom is 0.184 e. The minimum absolute atomic E-state index is 0.0110. The molecule has 3 aromatic carbocycles. The molecule has 3 aromatic heterocycles. The van der Waals surface area contributed by atoms with Crippen LogP contribution in [-0.4, -0.2) is 64.8 Å². The summed E-state index contributed by atoms with van der Waals surface area (Å²) in [6.45, 7) is 1.89. The second-order valence-corrected chi connectivity index (χ2v) is 12.7. The van der Waals surface area contributed by atoms with Gasteiger partial charge in [-0.15, -0.1) is 16.4 Å². The number of aryl methyl sites for hydroxylation is 1. The number of hydrogen-bond acceptors (Lipinski definition) is 10. The van der Waals surface area contributed by atoms with Crippen LogP contribution in [0, 0.1) is 18.6 Å². The second kappa shape index (κ2) is 11.7. The average Bonchev–Trinajstić information content (AvgIpc) is 3.83. The van der Waals surface area contributed by atoms with Gasteiger partial charge in [-0.2, -0.15) is 5.10 Å². The van der Waals surface area contributed by atoms with Gasteiger partial charge in [0.15, 0.2) is 23.7 Å². The highest BCUT2D eigenvalue weighted by atomic mass is 79.9. The summed E-state index contributed by atoms with van der Waals surface area (Å²) < 4.78 is 52.4. The molecule has 2 saturated heterocycles. The summed E-state index contributed by atoms with van der Waals surface area (Å²) in [4.78, 5) is 9.03. The fourth-order valence-corrected chi connectivity index (χ4v) is 6.98. The Morgan fingerprint density at radius 2 is 1.89 bits per heavy atom. The topological polar surface area (TPSA) is 122 Å². The molecule has 0 aliphatic carbocycles. The standard InChI is InChI=1S/C31H24BrF2N7O4S/c1-15-36-30(41(38-15)17-7-10-20-23(11-17)46-14-35-20)29-27(42)26(28-22(44-29)13-43-31(45-28)16-5-3-2-4-6-16)40-12-21(37-39-40)18-8-9-19(32)25(34)24(18)33/h2-12,14,22,26-29,31,42H,13H2,1H3/t22-,26-,27-,28+,29-,31+/m1/s1. The number of thiazole rings is 1. The Hall–Kier alpha value is -3.99. The van der Waals surface area contributed by atoms with Crippen LogP contribution in [0.25, 0.3) is 27.2 Å². The average molecular weight is 709 g/mol. The number of aliphatic hydroxyl groups is 1. The minimum Gasteiger partial charge on any atom is -0.388 e. The molecule has 5 heterocycles. The Morgan fingerprint density at radius 3 is 2.74 bits per heavy atom. The van der Waals surface area contributed by atoms with E-state index in [-0.39, 0.29) is 22.3 Å². The largest absolute Gasteiger partial charge is 0.388 e. The van der Waals surface area contributed by atoms with E-state index in [9.17, 15) is 13.9 Å². The molecule has 2 aliphatic rings. The number of aliphatic hydroxyl groups excluding tert-OH is 1. The van der Waals surface area contributed by atoms with Crippen molar-refractivity contribution in [3.05, 3.63) is 106 Å². The fourth-order valence-electron chi connectivity index (χ4n) is 5.96. The van der Waals surface area contributed by atoms with Crippen molar-refractivity contribution in [2.24, 2.45) is 0 Å². The third-order valence-electron chi connectivity index (χ3n) is 8.13. The van der Waals surface area contributed by atoms with E-state index in [0.29, 0.717) is 11.6 Å². The van der Waals surface area contributed by atoms with Crippen LogP contribution in [0.3, 0.4) is 0 Å². The maximum atomic E-state index is 14.9. The van der Waals surface area contributed by atoms with Crippen LogP contribution in [0.15, 0.2) is 76.8 Å². The Labute approximate surface area is 272 Å². The first kappa shape index (κ1) is 29.4. The van der Waals surface area contributed by atoms with Crippen molar-refractivity contribution in [3.63, 3.8) is 0 Å². The summed E-state index contributed by atoms with van der Waals surface area (Å²) in [5.74, 6) is -1.27. The molecule has 0 spiro atoms. The normalized spacial score (nSPS) is 24.7. The number of aromatic nitrogens is 7. The quantitative estimate of drug-likeness (QED) is 0.227. The highest BCUT2D eigenvalue weighted by molar-refractivity contribution is 9.10. The molecule has 6 aromatic rings. The summed E-state index contributed by atoms with van der Waals surface area (Å²) >= 11 is 4.51. The second-order valence-electron chi connectivity index (χ2n) is 11.0. The van der Waals surface area contributed by atoms with E-state index in [2.05, 4.69) is 41.3 Å². The Bertz CT molecular complexity index is 2060. The minimum atomic E-state index is -1.29. The predicted molar refractivity (Wildman–Crippen MR) is 165 cm³/mol. The van der Waals surface area contributed by atoms with Crippen LogP contribution >= 0.6 is 27.3 Å². The van der Waals surface area contributed by atoms with E-state index in [0.717, 1.165) is 21.5 Å². The molecular formula is C31H24BrF2N7O4S. The van der Waals surface area contributed by atoms with Gasteiger partial charge in [0.25, 0.3) is 0 Å². The van der Waals surface area contributed by atoms with Gasteiger partial charge < -0.3 is 19.3 Å². The van der Waals surface area contributed by atoms with Crippen LogP contribution in [-0.2, 0) is 14.2 Å². The molecular weight excluding hydrogens is 684 g/mol. The zero-order valence-corrected chi connectivity index (χ0v) is 26.3. The molecule has 234 valence electrons. The van der Waals surface area contributed by atoms with Gasteiger partial charge in [-0.25, -0.2) is 28.1 Å². The molecule has 0 bridgehead atoms. The lowest BCUT2D eigenvalue weighted by Crippen LogP contribution is -2.57. The number of hydrogen-bond donors (Lipinski definition) is 1. The molecule has 6 atom stereocenters. The SMILES string of the molecule is Cc1nc([C@@H]2O[C@@H]3CO[C@H](c4ccccc4)O[C@@H]3[C@H](n3cc(-c4ccc(Br)c(F)c4F)nn3)[C@H]2O)n(-c2ccc3ncsc3c2)n1. The van der Waals surface area contributed by atoms with Crippen LogP contribution < -0.4 is 0 Å². The van der Waals surface area contributed by atoms with Crippen LogP contribution in [0.4, 0.5) is 8.78 Å². The maximum absolute atomic E-state index is 14.9. The van der Waals surface area contributed by atoms with E-state index >= 15 is 0 Å². The van der Waals surface area contributed by atoms with Gasteiger partial charge in [0.05, 0.1) is 38.7 Å². The smallest absolute Gasteiger partial charge is 0.184 e. The first-order valence-electron chi connectivity index (χ1n) is 14.3. The van der Waals surface area contributed by atoms with Crippen molar-refractivity contribution in [3.8, 4) is 16.9 Å². The van der Waals surface area contributed by atoms with E-state index in [4.69, 9.17) is 14.2 Å². The van der Waals surface area contributed by atoms with Gasteiger partial charge in [0.1, 0.15) is 42.0 Å². The Balaban J connectivity index is 1.20. The lowest BCUT2D eigenvalue weighted by Gasteiger charge is -2.47. The van der Waals surface area contributed by atoms with Crippen molar-refractivity contribution in [2.75, 3.05) is 6.61 Å². The molecule has 15 heteroatoms. The number of benzene rings is 3. The first-order valence-corrected chi connectivity index (χ1v) is 16.0. The van der Waals surface area contributed by atoms with E-state index in [1.165, 1.54) is 34.3 Å². The van der Waals surface area contributed by atoms with E-state index in [1.807, 2.05) is 48.5 Å². The van der Waals surface area contributed by atoms with Gasteiger partial charge >= 0.3 is 0 Å². The molecule has 46 heavy (non-hydrogen) atoms. The highest BCUT2D eigenvalue weighted by Crippen LogP contribution is 2.44. The molecule has 0 unspecified atom stereocenters. The number of halogens is 3. The van der Waals surface area contributed by atoms with Crippen LogP contribution in [0.2, 0.25) is 0 Å². The van der Waals surface area contributed by atoms with Gasteiger partial charge in [-0.05, 0) is 53.2 Å². The number of nitrogens with zero attached hydrogens (tertiary/aromatic N) is 7. The molecule has 8 rings (SSSR count). The lowest BCUT2D eigenvalue weighted by molar-refractivity contribution is -0.319. The van der Waals surface area contributed by atoms with Gasteiger partial charge in [0.2, 0.25) is 0 Å². The number of rotatable bonds is 5. The number of fused-ring (bicyclic) bond motifs is 2. The monoisotopic (exact) mass is 707 g/mol. The molecule has 11 nitrogen and oxygen atoms in total. The van der Waals surface area contributed by atoms with E-state index < -0.39 is 48.4 Å². The van der Waals surface area contributed by atoms with Crippen molar-refractivity contribution in [1.29, 1.82) is 0 Å². The third kappa shape index (κ3) is 5.03. The summed E-state index contributed by atoms with van der Waals surface area (Å²) in [7, 11) is 0. The number of ether oxygens (including phenoxy) is 3. The highest BCUT2D eigenvalue weighted by Gasteiger charge is 2.52. The molecule has 2 fully saturated rings. The summed E-state index contributed by atoms with van der Waals surface area (Å²) in [6.07, 6.45) is -3.00. The van der Waals surface area contributed by atoms with Crippen LogP contribution in [0.1, 0.15) is 35.6 Å². The molecule has 0 radical (unpaired) electrons. The Morgan fingerprint density at radius 1 is 1.04 bits per heavy atom. The molecule has 0 saturated carbocycles. The summed E-state index contributed by atoms with van der Waals surface area (Å²) in [5.41, 5.74) is 4.14. The molecule has 0 amide bonds. The van der Waals surface area contributed by atoms with Crippen molar-refractivity contribution < 1.29 is 28.1 Å². The predicted octanol–water partition coefficient (Wildman–Crippen LogP) is 5.64. The van der Waals surface area contributed by atoms with Gasteiger partial charge in [-0.3, -0.25) is 0 Å². The van der Waals surface area contributed by atoms with E-state index in [1.54, 1.807) is 17.1 Å². The van der Waals surface area contributed by atoms with Crippen molar-refractivity contribution in [2.45, 2.75) is 43.7 Å².